The first kappa shape index (κ1) is 18.7. The van der Waals surface area contributed by atoms with Crippen molar-refractivity contribution in [2.45, 2.75) is 43.8 Å². The minimum atomic E-state index is -4.40. The fourth-order valence-corrected chi connectivity index (χ4v) is 3.92. The molecule has 0 aliphatic heterocycles. The molecular weight excluding hydrogens is 365 g/mol. The number of H-pyrrole nitrogens is 1. The van der Waals surface area contributed by atoms with Gasteiger partial charge in [-0.25, -0.2) is 0 Å². The predicted octanol–water partition coefficient (Wildman–Crippen LogP) is 5.14. The van der Waals surface area contributed by atoms with Gasteiger partial charge in [-0.2, -0.15) is 18.3 Å². The van der Waals surface area contributed by atoms with Crippen molar-refractivity contribution in [2.75, 3.05) is 0 Å². The lowest BCUT2D eigenvalue weighted by Crippen LogP contribution is -2.26. The quantitative estimate of drug-likeness (QED) is 0.655. The smallest absolute Gasteiger partial charge is 0.328 e. The van der Waals surface area contributed by atoms with Crippen LogP contribution in [-0.2, 0) is 6.18 Å². The van der Waals surface area contributed by atoms with E-state index in [4.69, 9.17) is 5.73 Å². The van der Waals surface area contributed by atoms with E-state index in [1.54, 1.807) is 18.5 Å². The number of nitrogens with zero attached hydrogens (tertiary/aromatic N) is 2. The van der Waals surface area contributed by atoms with Crippen molar-refractivity contribution in [3.63, 3.8) is 0 Å². The Kier molecular flexibility index (Phi) is 4.93. The van der Waals surface area contributed by atoms with Gasteiger partial charge >= 0.3 is 6.18 Å². The summed E-state index contributed by atoms with van der Waals surface area (Å²) in [4.78, 5) is 4.06. The third-order valence-electron chi connectivity index (χ3n) is 5.41. The first-order chi connectivity index (χ1) is 13.4. The van der Waals surface area contributed by atoms with Crippen molar-refractivity contribution in [1.29, 1.82) is 0 Å². The lowest BCUT2D eigenvalue weighted by molar-refractivity contribution is -0.137. The Bertz CT molecular complexity index is 942. The molecule has 4 rings (SSSR count). The first-order valence-corrected chi connectivity index (χ1v) is 9.35. The molecule has 0 radical (unpaired) electrons. The maximum atomic E-state index is 13.2. The summed E-state index contributed by atoms with van der Waals surface area (Å²) in [6.45, 7) is 0. The SMILES string of the molecule is NC1CCC(c2[nH]nc(-c3cccc(C(F)(F)F)c3)c2-c2ccncc2)CC1. The average molecular weight is 386 g/mol. The third kappa shape index (κ3) is 3.67. The fraction of sp³-hybridized carbons (Fsp3) is 0.333. The lowest BCUT2D eigenvalue weighted by atomic mass is 9.82. The predicted molar refractivity (Wildman–Crippen MR) is 101 cm³/mol. The molecule has 0 saturated heterocycles. The molecule has 0 unspecified atom stereocenters. The topological polar surface area (TPSA) is 67.6 Å². The molecule has 1 aliphatic carbocycles. The van der Waals surface area contributed by atoms with Crippen LogP contribution in [0.1, 0.15) is 42.9 Å². The van der Waals surface area contributed by atoms with E-state index in [1.807, 2.05) is 12.1 Å². The van der Waals surface area contributed by atoms with E-state index in [1.165, 1.54) is 6.07 Å². The Morgan fingerprint density at radius 3 is 2.36 bits per heavy atom. The molecule has 1 saturated carbocycles. The molecule has 0 amide bonds. The van der Waals surface area contributed by atoms with E-state index in [-0.39, 0.29) is 12.0 Å². The van der Waals surface area contributed by atoms with Gasteiger partial charge in [0, 0.05) is 41.2 Å². The van der Waals surface area contributed by atoms with Crippen LogP contribution in [0.4, 0.5) is 13.2 Å². The van der Waals surface area contributed by atoms with E-state index >= 15 is 0 Å². The van der Waals surface area contributed by atoms with Crippen LogP contribution in [0.5, 0.6) is 0 Å². The summed E-state index contributed by atoms with van der Waals surface area (Å²) in [5.41, 5.74) is 9.03. The Morgan fingerprint density at radius 2 is 1.68 bits per heavy atom. The summed E-state index contributed by atoms with van der Waals surface area (Å²) >= 11 is 0. The van der Waals surface area contributed by atoms with Crippen molar-refractivity contribution in [3.05, 3.63) is 60.0 Å². The molecule has 1 aromatic carbocycles. The van der Waals surface area contributed by atoms with E-state index in [2.05, 4.69) is 15.2 Å². The molecule has 2 heterocycles. The van der Waals surface area contributed by atoms with Crippen LogP contribution < -0.4 is 5.73 Å². The van der Waals surface area contributed by atoms with Gasteiger partial charge in [0.05, 0.1) is 5.56 Å². The molecule has 4 nitrogen and oxygen atoms in total. The molecule has 0 atom stereocenters. The van der Waals surface area contributed by atoms with Gasteiger partial charge in [-0.15, -0.1) is 0 Å². The molecule has 1 fully saturated rings. The highest BCUT2D eigenvalue weighted by Crippen LogP contribution is 2.42. The second-order valence-electron chi connectivity index (χ2n) is 7.29. The van der Waals surface area contributed by atoms with Crippen molar-refractivity contribution in [1.82, 2.24) is 15.2 Å². The summed E-state index contributed by atoms with van der Waals surface area (Å²) in [5, 5.41) is 7.56. The fourth-order valence-electron chi connectivity index (χ4n) is 3.92. The number of aromatic amines is 1. The van der Waals surface area contributed by atoms with Crippen LogP contribution in [0.15, 0.2) is 48.8 Å². The van der Waals surface area contributed by atoms with Crippen molar-refractivity contribution >= 4 is 0 Å². The van der Waals surface area contributed by atoms with E-state index in [9.17, 15) is 13.2 Å². The Hall–Kier alpha value is -2.67. The molecule has 2 aromatic heterocycles. The van der Waals surface area contributed by atoms with Crippen molar-refractivity contribution in [2.24, 2.45) is 5.73 Å². The Balaban J connectivity index is 1.82. The highest BCUT2D eigenvalue weighted by Gasteiger charge is 2.32. The molecule has 3 aromatic rings. The first-order valence-electron chi connectivity index (χ1n) is 9.35. The summed E-state index contributed by atoms with van der Waals surface area (Å²) in [7, 11) is 0. The van der Waals surface area contributed by atoms with Gasteiger partial charge in [-0.05, 0) is 55.5 Å². The number of nitrogens with one attached hydrogen (secondary N) is 1. The summed E-state index contributed by atoms with van der Waals surface area (Å²) < 4.78 is 39.6. The number of benzene rings is 1. The molecule has 1 aliphatic rings. The Labute approximate surface area is 161 Å². The van der Waals surface area contributed by atoms with Gasteiger partial charge in [0.15, 0.2) is 0 Å². The van der Waals surface area contributed by atoms with Gasteiger partial charge in [0.2, 0.25) is 0 Å². The maximum absolute atomic E-state index is 13.2. The highest BCUT2D eigenvalue weighted by molar-refractivity contribution is 5.83. The van der Waals surface area contributed by atoms with Gasteiger partial charge in [-0.3, -0.25) is 10.1 Å². The van der Waals surface area contributed by atoms with Crippen LogP contribution in [0.2, 0.25) is 0 Å². The molecule has 7 heteroatoms. The van der Waals surface area contributed by atoms with Gasteiger partial charge in [-0.1, -0.05) is 12.1 Å². The van der Waals surface area contributed by atoms with Gasteiger partial charge in [0.1, 0.15) is 5.69 Å². The molecule has 3 N–H and O–H groups in total. The molecule has 146 valence electrons. The van der Waals surface area contributed by atoms with Gasteiger partial charge in [0.25, 0.3) is 0 Å². The zero-order chi connectivity index (χ0) is 19.7. The zero-order valence-electron chi connectivity index (χ0n) is 15.2. The van der Waals surface area contributed by atoms with Gasteiger partial charge < -0.3 is 5.73 Å². The lowest BCUT2D eigenvalue weighted by Gasteiger charge is -2.26. The van der Waals surface area contributed by atoms with Crippen LogP contribution in [0.3, 0.4) is 0 Å². The van der Waals surface area contributed by atoms with Crippen molar-refractivity contribution in [3.8, 4) is 22.4 Å². The number of hydrogen-bond donors (Lipinski definition) is 2. The largest absolute Gasteiger partial charge is 0.416 e. The molecule has 0 spiro atoms. The number of aromatic nitrogens is 3. The van der Waals surface area contributed by atoms with Crippen LogP contribution >= 0.6 is 0 Å². The average Bonchev–Trinajstić information content (AvgIpc) is 3.14. The standard InChI is InChI=1S/C21H21F3N4/c22-21(23,24)16-3-1-2-15(12-16)20-18(13-8-10-26-11-9-13)19(27-28-20)14-4-6-17(25)7-5-14/h1-3,8-12,14,17H,4-7,25H2,(H,27,28). The minimum Gasteiger partial charge on any atom is -0.328 e. The van der Waals surface area contributed by atoms with Crippen LogP contribution in [0.25, 0.3) is 22.4 Å². The number of rotatable bonds is 3. The normalized spacial score (nSPS) is 20.3. The minimum absolute atomic E-state index is 0.214. The molecule has 28 heavy (non-hydrogen) atoms. The monoisotopic (exact) mass is 386 g/mol. The second-order valence-corrected chi connectivity index (χ2v) is 7.29. The second kappa shape index (κ2) is 7.39. The number of nitrogens with two attached hydrogens (primary N) is 1. The Morgan fingerprint density at radius 1 is 0.964 bits per heavy atom. The number of alkyl halides is 3. The summed E-state index contributed by atoms with van der Waals surface area (Å²) in [5.74, 6) is 0.259. The van der Waals surface area contributed by atoms with E-state index < -0.39 is 11.7 Å². The van der Waals surface area contributed by atoms with Crippen LogP contribution in [0, 0.1) is 0 Å². The number of pyridine rings is 1. The molecular formula is C21H21F3N4. The maximum Gasteiger partial charge on any atom is 0.416 e. The van der Waals surface area contributed by atoms with E-state index in [0.717, 1.165) is 54.6 Å². The summed E-state index contributed by atoms with van der Waals surface area (Å²) in [6, 6.07) is 9.25. The van der Waals surface area contributed by atoms with Crippen LogP contribution in [-0.4, -0.2) is 21.2 Å². The third-order valence-corrected chi connectivity index (χ3v) is 5.41. The number of hydrogen-bond acceptors (Lipinski definition) is 3. The van der Waals surface area contributed by atoms with E-state index in [0.29, 0.717) is 11.3 Å². The zero-order valence-corrected chi connectivity index (χ0v) is 15.2. The molecule has 0 bridgehead atoms. The number of halogens is 3. The van der Waals surface area contributed by atoms with Crippen molar-refractivity contribution < 1.29 is 13.2 Å². The summed E-state index contributed by atoms with van der Waals surface area (Å²) in [6.07, 6.45) is 2.69. The highest BCUT2D eigenvalue weighted by atomic mass is 19.4.